The van der Waals surface area contributed by atoms with Crippen molar-refractivity contribution in [2.45, 2.75) is 23.8 Å². The minimum absolute atomic E-state index is 0.152. The summed E-state index contributed by atoms with van der Waals surface area (Å²) in [6.07, 6.45) is 0.807. The van der Waals surface area contributed by atoms with Crippen molar-refractivity contribution in [3.8, 4) is 5.19 Å². The van der Waals surface area contributed by atoms with Crippen molar-refractivity contribution in [3.05, 3.63) is 54.1 Å². The molecule has 1 aliphatic heterocycles. The maximum Gasteiger partial charge on any atom is 0.274 e. The van der Waals surface area contributed by atoms with Gasteiger partial charge in [0.1, 0.15) is 17.7 Å². The van der Waals surface area contributed by atoms with Crippen LogP contribution >= 0.6 is 11.3 Å². The maximum atomic E-state index is 13.4. The molecule has 142 valence electrons. The van der Waals surface area contributed by atoms with E-state index in [-0.39, 0.29) is 24.1 Å². The van der Waals surface area contributed by atoms with E-state index in [9.17, 15) is 17.2 Å². The van der Waals surface area contributed by atoms with Gasteiger partial charge in [-0.2, -0.15) is 4.31 Å². The van der Waals surface area contributed by atoms with Crippen LogP contribution in [0, 0.1) is 11.6 Å². The van der Waals surface area contributed by atoms with E-state index < -0.39 is 21.7 Å². The molecule has 0 radical (unpaired) electrons. The second-order valence-electron chi connectivity index (χ2n) is 6.27. The largest absolute Gasteiger partial charge is 0.467 e. The summed E-state index contributed by atoms with van der Waals surface area (Å²) in [4.78, 5) is 4.05. The molecular weight excluding hydrogens is 394 g/mol. The van der Waals surface area contributed by atoms with Crippen LogP contribution in [-0.2, 0) is 10.0 Å². The zero-order valence-electron chi connectivity index (χ0n) is 14.1. The number of thiazole rings is 1. The summed E-state index contributed by atoms with van der Waals surface area (Å²) in [5.41, 5.74) is 0.866. The molecule has 0 N–H and O–H groups in total. The second-order valence-corrected chi connectivity index (χ2v) is 9.21. The fourth-order valence-corrected chi connectivity index (χ4v) is 5.45. The van der Waals surface area contributed by atoms with Gasteiger partial charge >= 0.3 is 0 Å². The van der Waals surface area contributed by atoms with E-state index in [0.717, 1.165) is 22.3 Å². The number of nitrogens with zero attached hydrogens (tertiary/aromatic N) is 2. The molecule has 0 atom stereocenters. The van der Waals surface area contributed by atoms with Gasteiger partial charge < -0.3 is 4.74 Å². The number of rotatable bonds is 4. The first-order valence-electron chi connectivity index (χ1n) is 8.40. The van der Waals surface area contributed by atoms with E-state index in [2.05, 4.69) is 4.98 Å². The van der Waals surface area contributed by atoms with Gasteiger partial charge in [0, 0.05) is 19.2 Å². The average Bonchev–Trinajstić information content (AvgIpc) is 3.03. The van der Waals surface area contributed by atoms with Gasteiger partial charge in [0.2, 0.25) is 10.0 Å². The van der Waals surface area contributed by atoms with Crippen LogP contribution < -0.4 is 4.74 Å². The number of piperidine rings is 1. The molecule has 0 amide bonds. The van der Waals surface area contributed by atoms with E-state index >= 15 is 0 Å². The predicted molar refractivity (Wildman–Crippen MR) is 98.4 cm³/mol. The number of aromatic nitrogens is 1. The van der Waals surface area contributed by atoms with E-state index in [1.165, 1.54) is 15.6 Å². The summed E-state index contributed by atoms with van der Waals surface area (Å²) in [5, 5.41) is 0.560. The van der Waals surface area contributed by atoms with E-state index in [1.54, 1.807) is 0 Å². The standard InChI is InChI=1S/C18H16F2N2O3S2/c19-12-9-13(20)11-15(10-12)27(23,24)22-7-5-14(6-8-22)25-18-21-16-3-1-2-4-17(16)26-18/h1-4,9-11,14H,5-8H2. The van der Waals surface area contributed by atoms with E-state index in [4.69, 9.17) is 4.74 Å². The molecule has 1 fully saturated rings. The van der Waals surface area contributed by atoms with Gasteiger partial charge in [0.05, 0.1) is 15.1 Å². The van der Waals surface area contributed by atoms with Crippen molar-refractivity contribution in [2.24, 2.45) is 0 Å². The molecular formula is C18H16F2N2O3S2. The van der Waals surface area contributed by atoms with Crippen LogP contribution in [0.2, 0.25) is 0 Å². The number of hydrogen-bond donors (Lipinski definition) is 0. The number of sulfonamides is 1. The van der Waals surface area contributed by atoms with E-state index in [1.807, 2.05) is 24.3 Å². The van der Waals surface area contributed by atoms with Crippen LogP contribution in [0.15, 0.2) is 47.4 Å². The summed E-state index contributed by atoms with van der Waals surface area (Å²) in [7, 11) is -3.94. The van der Waals surface area contributed by atoms with Crippen LogP contribution in [0.5, 0.6) is 5.19 Å². The molecule has 1 aliphatic rings. The highest BCUT2D eigenvalue weighted by atomic mass is 32.2. The number of para-hydroxylation sites is 1. The number of hydrogen-bond acceptors (Lipinski definition) is 5. The quantitative estimate of drug-likeness (QED) is 0.656. The van der Waals surface area contributed by atoms with Crippen LogP contribution in [0.4, 0.5) is 8.78 Å². The molecule has 3 aromatic rings. The van der Waals surface area contributed by atoms with Crippen molar-refractivity contribution >= 4 is 31.6 Å². The van der Waals surface area contributed by atoms with Gasteiger partial charge in [-0.25, -0.2) is 22.2 Å². The maximum absolute atomic E-state index is 13.4. The topological polar surface area (TPSA) is 59.5 Å². The minimum Gasteiger partial charge on any atom is -0.467 e. The van der Waals surface area contributed by atoms with Crippen LogP contribution in [0.1, 0.15) is 12.8 Å². The Balaban J connectivity index is 1.43. The average molecular weight is 410 g/mol. The van der Waals surface area contributed by atoms with Crippen LogP contribution in [0.25, 0.3) is 10.2 Å². The lowest BCUT2D eigenvalue weighted by Crippen LogP contribution is -2.41. The summed E-state index contributed by atoms with van der Waals surface area (Å²) in [6, 6.07) is 10.0. The van der Waals surface area contributed by atoms with Crippen molar-refractivity contribution in [3.63, 3.8) is 0 Å². The fraction of sp³-hybridized carbons (Fsp3) is 0.278. The predicted octanol–water partition coefficient (Wildman–Crippen LogP) is 3.81. The number of ether oxygens (including phenoxy) is 1. The normalized spacial score (nSPS) is 16.7. The summed E-state index contributed by atoms with van der Waals surface area (Å²) < 4.78 is 60.1. The van der Waals surface area contributed by atoms with Crippen molar-refractivity contribution in [1.29, 1.82) is 0 Å². The first kappa shape index (κ1) is 18.3. The Labute approximate surface area is 159 Å². The lowest BCUT2D eigenvalue weighted by molar-refractivity contribution is 0.135. The van der Waals surface area contributed by atoms with Gasteiger partial charge in [-0.3, -0.25) is 0 Å². The molecule has 27 heavy (non-hydrogen) atoms. The Morgan fingerprint density at radius 3 is 2.41 bits per heavy atom. The molecule has 0 saturated carbocycles. The zero-order chi connectivity index (χ0) is 19.0. The lowest BCUT2D eigenvalue weighted by Gasteiger charge is -2.30. The molecule has 1 saturated heterocycles. The first-order valence-corrected chi connectivity index (χ1v) is 10.7. The third-order valence-corrected chi connectivity index (χ3v) is 7.22. The van der Waals surface area contributed by atoms with Crippen LogP contribution in [-0.4, -0.2) is 36.9 Å². The Hall–Kier alpha value is -2.10. The molecule has 2 heterocycles. The minimum atomic E-state index is -3.94. The number of fused-ring (bicyclic) bond motifs is 1. The van der Waals surface area contributed by atoms with Crippen LogP contribution in [0.3, 0.4) is 0 Å². The Kier molecular flexibility index (Phi) is 4.83. The third-order valence-electron chi connectivity index (χ3n) is 4.42. The Bertz CT molecular complexity index is 1020. The van der Waals surface area contributed by atoms with Gasteiger partial charge in [0.25, 0.3) is 5.19 Å². The molecule has 0 bridgehead atoms. The highest BCUT2D eigenvalue weighted by Gasteiger charge is 2.31. The molecule has 9 heteroatoms. The van der Waals surface area contributed by atoms with E-state index in [0.29, 0.717) is 24.1 Å². The number of halogens is 2. The second kappa shape index (κ2) is 7.14. The monoisotopic (exact) mass is 410 g/mol. The van der Waals surface area contributed by atoms with Gasteiger partial charge in [0.15, 0.2) is 0 Å². The summed E-state index contributed by atoms with van der Waals surface area (Å²) >= 11 is 1.45. The Morgan fingerprint density at radius 2 is 1.74 bits per heavy atom. The molecule has 2 aromatic carbocycles. The Morgan fingerprint density at radius 1 is 1.07 bits per heavy atom. The summed E-state index contributed by atoms with van der Waals surface area (Å²) in [6.45, 7) is 0.437. The first-order chi connectivity index (χ1) is 12.9. The van der Waals surface area contributed by atoms with Crippen molar-refractivity contribution in [1.82, 2.24) is 9.29 Å². The molecule has 0 unspecified atom stereocenters. The summed E-state index contributed by atoms with van der Waals surface area (Å²) in [5.74, 6) is -1.83. The highest BCUT2D eigenvalue weighted by molar-refractivity contribution is 7.89. The van der Waals surface area contributed by atoms with Gasteiger partial charge in [-0.1, -0.05) is 23.5 Å². The van der Waals surface area contributed by atoms with Gasteiger partial charge in [-0.05, 0) is 37.1 Å². The SMILES string of the molecule is O=S(=O)(c1cc(F)cc(F)c1)N1CCC(Oc2nc3ccccc3s2)CC1. The molecule has 0 aliphatic carbocycles. The fourth-order valence-electron chi connectivity index (χ4n) is 3.06. The molecule has 1 aromatic heterocycles. The lowest BCUT2D eigenvalue weighted by atomic mass is 10.1. The van der Waals surface area contributed by atoms with Crippen molar-refractivity contribution in [2.75, 3.05) is 13.1 Å². The van der Waals surface area contributed by atoms with Gasteiger partial charge in [-0.15, -0.1) is 0 Å². The smallest absolute Gasteiger partial charge is 0.274 e. The molecule has 0 spiro atoms. The molecule has 5 nitrogen and oxygen atoms in total. The highest BCUT2D eigenvalue weighted by Crippen LogP contribution is 2.30. The van der Waals surface area contributed by atoms with Crippen molar-refractivity contribution < 1.29 is 21.9 Å². The molecule has 4 rings (SSSR count). The third kappa shape index (κ3) is 3.80. The zero-order valence-corrected chi connectivity index (χ0v) is 15.8. The number of benzene rings is 2.